The van der Waals surface area contributed by atoms with Crippen molar-refractivity contribution in [2.24, 2.45) is 0 Å². The maximum atomic E-state index is 11.8. The van der Waals surface area contributed by atoms with Gasteiger partial charge in [-0.3, -0.25) is 4.79 Å². The van der Waals surface area contributed by atoms with Crippen molar-refractivity contribution >= 4 is 27.4 Å². The van der Waals surface area contributed by atoms with E-state index < -0.39 is 15.8 Å². The number of nitrogen functional groups attached to an aromatic ring is 1. The fourth-order valence-corrected chi connectivity index (χ4v) is 2.66. The van der Waals surface area contributed by atoms with Crippen LogP contribution in [-0.2, 0) is 25.9 Å². The first-order valence-electron chi connectivity index (χ1n) is 6.15. The van der Waals surface area contributed by atoms with E-state index in [9.17, 15) is 13.2 Å². The fourth-order valence-electron chi connectivity index (χ4n) is 1.65. The number of carbonyl (C=O) groups is 1. The molecule has 1 rings (SSSR count). The summed E-state index contributed by atoms with van der Waals surface area (Å²) in [5.41, 5.74) is 5.81. The zero-order valence-electron chi connectivity index (χ0n) is 12.1. The van der Waals surface area contributed by atoms with E-state index in [0.29, 0.717) is 6.54 Å². The van der Waals surface area contributed by atoms with Crippen LogP contribution in [0, 0.1) is 0 Å². The van der Waals surface area contributed by atoms with Crippen molar-refractivity contribution in [3.05, 3.63) is 0 Å². The lowest BCUT2D eigenvalue weighted by Crippen LogP contribution is -2.19. The largest absolute Gasteiger partial charge is 0.465 e. The molecule has 20 heavy (non-hydrogen) atoms. The molecule has 0 unspecified atom stereocenters. The van der Waals surface area contributed by atoms with Crippen LogP contribution in [0.4, 0.5) is 11.6 Å². The second kappa shape index (κ2) is 6.12. The van der Waals surface area contributed by atoms with E-state index in [1.807, 2.05) is 6.92 Å². The molecule has 0 atom stereocenters. The van der Waals surface area contributed by atoms with E-state index in [2.05, 4.69) is 5.10 Å². The Morgan fingerprint density at radius 1 is 1.45 bits per heavy atom. The Kier molecular flexibility index (Phi) is 4.98. The van der Waals surface area contributed by atoms with E-state index in [4.69, 9.17) is 10.5 Å². The van der Waals surface area contributed by atoms with Gasteiger partial charge in [-0.05, 0) is 13.8 Å². The zero-order chi connectivity index (χ0) is 15.5. The van der Waals surface area contributed by atoms with Crippen LogP contribution >= 0.6 is 0 Å². The summed E-state index contributed by atoms with van der Waals surface area (Å²) >= 11 is 0. The molecule has 0 saturated carbocycles. The summed E-state index contributed by atoms with van der Waals surface area (Å²) in [4.78, 5) is 13.1. The van der Waals surface area contributed by atoms with Gasteiger partial charge in [0.25, 0.3) is 0 Å². The third kappa shape index (κ3) is 3.41. The summed E-state index contributed by atoms with van der Waals surface area (Å²) in [6.07, 6.45) is 1.06. The van der Waals surface area contributed by atoms with Gasteiger partial charge in [0.1, 0.15) is 12.4 Å². The van der Waals surface area contributed by atoms with Gasteiger partial charge in [0.15, 0.2) is 20.6 Å². The van der Waals surface area contributed by atoms with Crippen molar-refractivity contribution in [2.45, 2.75) is 25.3 Å². The van der Waals surface area contributed by atoms with Crippen molar-refractivity contribution in [1.29, 1.82) is 0 Å². The van der Waals surface area contributed by atoms with Crippen molar-refractivity contribution in [3.63, 3.8) is 0 Å². The van der Waals surface area contributed by atoms with Gasteiger partial charge in [-0.2, -0.15) is 5.10 Å². The number of aromatic nitrogens is 2. The predicted molar refractivity (Wildman–Crippen MR) is 75.3 cm³/mol. The number of rotatable bonds is 6. The normalized spacial score (nSPS) is 11.4. The SMILES string of the molecule is CCOC(=O)Cn1nc(N(C)CC)c(S(C)(=O)=O)c1N. The molecule has 0 bridgehead atoms. The summed E-state index contributed by atoms with van der Waals surface area (Å²) in [6.45, 7) is 4.11. The van der Waals surface area contributed by atoms with Crippen molar-refractivity contribution in [2.75, 3.05) is 37.1 Å². The smallest absolute Gasteiger partial charge is 0.327 e. The molecule has 0 spiro atoms. The van der Waals surface area contributed by atoms with Crippen LogP contribution in [0.1, 0.15) is 13.8 Å². The molecule has 1 aromatic rings. The number of ether oxygens (including phenoxy) is 1. The third-order valence-electron chi connectivity index (χ3n) is 2.72. The molecule has 0 radical (unpaired) electrons. The molecule has 114 valence electrons. The molecule has 1 aromatic heterocycles. The number of esters is 1. The highest BCUT2D eigenvalue weighted by Gasteiger charge is 2.26. The molecule has 1 heterocycles. The van der Waals surface area contributed by atoms with Gasteiger partial charge in [-0.25, -0.2) is 13.1 Å². The molecular formula is C11H20N4O4S. The molecular weight excluding hydrogens is 284 g/mol. The van der Waals surface area contributed by atoms with Gasteiger partial charge in [-0.1, -0.05) is 0 Å². The van der Waals surface area contributed by atoms with Crippen LogP contribution in [0.25, 0.3) is 0 Å². The highest BCUT2D eigenvalue weighted by molar-refractivity contribution is 7.91. The Balaban J connectivity index is 3.30. The van der Waals surface area contributed by atoms with Crippen molar-refractivity contribution < 1.29 is 17.9 Å². The first-order chi connectivity index (χ1) is 9.22. The van der Waals surface area contributed by atoms with Crippen LogP contribution < -0.4 is 10.6 Å². The minimum absolute atomic E-state index is 0.0594. The summed E-state index contributed by atoms with van der Waals surface area (Å²) < 4.78 is 29.6. The summed E-state index contributed by atoms with van der Waals surface area (Å²) in [5, 5.41) is 4.11. The second-order valence-corrected chi connectivity index (χ2v) is 6.24. The number of hydrogen-bond acceptors (Lipinski definition) is 7. The molecule has 0 aromatic carbocycles. The quantitative estimate of drug-likeness (QED) is 0.730. The van der Waals surface area contributed by atoms with E-state index in [1.54, 1.807) is 18.9 Å². The fraction of sp³-hybridized carbons (Fsp3) is 0.636. The Hall–Kier alpha value is -1.77. The monoisotopic (exact) mass is 304 g/mol. The molecule has 9 heteroatoms. The Labute approximate surface area is 118 Å². The lowest BCUT2D eigenvalue weighted by molar-refractivity contribution is -0.144. The lowest BCUT2D eigenvalue weighted by Gasteiger charge is -2.14. The van der Waals surface area contributed by atoms with Gasteiger partial charge < -0.3 is 15.4 Å². The number of sulfone groups is 1. The molecule has 0 saturated heterocycles. The second-order valence-electron chi connectivity index (χ2n) is 4.29. The molecule has 0 aliphatic rings. The standard InChI is InChI=1S/C11H20N4O4S/c1-5-14(3)11-9(20(4,17)18)10(12)15(13-11)7-8(16)19-6-2/h5-7,12H2,1-4H3. The predicted octanol–water partition coefficient (Wildman–Crippen LogP) is -0.112. The Morgan fingerprint density at radius 2 is 2.05 bits per heavy atom. The van der Waals surface area contributed by atoms with E-state index >= 15 is 0 Å². The topological polar surface area (TPSA) is 108 Å². The molecule has 0 aliphatic heterocycles. The maximum absolute atomic E-state index is 11.8. The lowest BCUT2D eigenvalue weighted by atomic mass is 10.5. The highest BCUT2D eigenvalue weighted by Crippen LogP contribution is 2.29. The van der Waals surface area contributed by atoms with Crippen LogP contribution in [0.3, 0.4) is 0 Å². The highest BCUT2D eigenvalue weighted by atomic mass is 32.2. The summed E-state index contributed by atoms with van der Waals surface area (Å²) in [6, 6.07) is 0. The first-order valence-corrected chi connectivity index (χ1v) is 8.04. The molecule has 0 fully saturated rings. The van der Waals surface area contributed by atoms with E-state index in [0.717, 1.165) is 10.9 Å². The molecule has 0 amide bonds. The van der Waals surface area contributed by atoms with Crippen LogP contribution in [0.5, 0.6) is 0 Å². The average Bonchev–Trinajstić information content (AvgIpc) is 2.66. The zero-order valence-corrected chi connectivity index (χ0v) is 12.9. The number of nitrogens with zero attached hydrogens (tertiary/aromatic N) is 3. The summed E-state index contributed by atoms with van der Waals surface area (Å²) in [5.74, 6) is -0.347. The van der Waals surface area contributed by atoms with Crippen LogP contribution in [0.15, 0.2) is 4.90 Å². The summed E-state index contributed by atoms with van der Waals surface area (Å²) in [7, 11) is -1.85. The molecule has 8 nitrogen and oxygen atoms in total. The van der Waals surface area contributed by atoms with E-state index in [-0.39, 0.29) is 29.7 Å². The van der Waals surface area contributed by atoms with Gasteiger partial charge in [0, 0.05) is 19.8 Å². The van der Waals surface area contributed by atoms with Gasteiger partial charge in [0.05, 0.1) is 6.61 Å². The number of carbonyl (C=O) groups excluding carboxylic acids is 1. The minimum Gasteiger partial charge on any atom is -0.465 e. The maximum Gasteiger partial charge on any atom is 0.327 e. The van der Waals surface area contributed by atoms with Gasteiger partial charge >= 0.3 is 5.97 Å². The average molecular weight is 304 g/mol. The first kappa shape index (κ1) is 16.3. The van der Waals surface area contributed by atoms with Crippen LogP contribution in [-0.4, -0.2) is 50.6 Å². The van der Waals surface area contributed by atoms with Gasteiger partial charge in [-0.15, -0.1) is 0 Å². The van der Waals surface area contributed by atoms with Crippen molar-refractivity contribution in [1.82, 2.24) is 9.78 Å². The number of anilines is 2. The van der Waals surface area contributed by atoms with E-state index in [1.165, 1.54) is 0 Å². The van der Waals surface area contributed by atoms with Crippen molar-refractivity contribution in [3.8, 4) is 0 Å². The van der Waals surface area contributed by atoms with Gasteiger partial charge in [0.2, 0.25) is 0 Å². The number of hydrogen-bond donors (Lipinski definition) is 1. The Morgan fingerprint density at radius 3 is 2.50 bits per heavy atom. The third-order valence-corrected chi connectivity index (χ3v) is 3.85. The minimum atomic E-state index is -3.55. The Bertz CT molecular complexity index is 594. The van der Waals surface area contributed by atoms with Crippen LogP contribution in [0.2, 0.25) is 0 Å². The molecule has 2 N–H and O–H groups in total. The number of nitrogens with two attached hydrogens (primary N) is 1. The molecule has 0 aliphatic carbocycles.